The monoisotopic (exact) mass is 281 g/mol. The Morgan fingerprint density at radius 3 is 3.05 bits per heavy atom. The zero-order valence-electron chi connectivity index (χ0n) is 11.7. The summed E-state index contributed by atoms with van der Waals surface area (Å²) in [4.78, 5) is 27.2. The normalized spacial score (nSPS) is 20.3. The summed E-state index contributed by atoms with van der Waals surface area (Å²) in [7, 11) is 0. The highest BCUT2D eigenvalue weighted by molar-refractivity contribution is 5.81. The first-order chi connectivity index (χ1) is 9.60. The van der Waals surface area contributed by atoms with Gasteiger partial charge in [-0.2, -0.15) is 4.98 Å². The van der Waals surface area contributed by atoms with Gasteiger partial charge in [0.1, 0.15) is 0 Å². The van der Waals surface area contributed by atoms with Crippen molar-refractivity contribution in [2.24, 2.45) is 5.92 Å². The first-order valence-electron chi connectivity index (χ1n) is 6.89. The highest BCUT2D eigenvalue weighted by Gasteiger charge is 2.28. The highest BCUT2D eigenvalue weighted by atomic mass is 16.6. The van der Waals surface area contributed by atoms with Gasteiger partial charge in [0, 0.05) is 19.4 Å². The molecule has 0 saturated carbocycles. The van der Waals surface area contributed by atoms with Crippen molar-refractivity contribution in [2.75, 3.05) is 6.54 Å². The van der Waals surface area contributed by atoms with Crippen LogP contribution in [0.5, 0.6) is 0 Å². The number of aryl methyl sites for hydroxylation is 1. The Labute approximate surface area is 117 Å². The Morgan fingerprint density at radius 2 is 2.40 bits per heavy atom. The van der Waals surface area contributed by atoms with Gasteiger partial charge in [0.15, 0.2) is 11.9 Å². The van der Waals surface area contributed by atoms with E-state index >= 15 is 0 Å². The number of nitrogens with zero attached hydrogens (tertiary/aromatic N) is 2. The van der Waals surface area contributed by atoms with Crippen LogP contribution in [0.4, 0.5) is 0 Å². The molecule has 1 fully saturated rings. The molecule has 1 saturated heterocycles. The van der Waals surface area contributed by atoms with Gasteiger partial charge >= 0.3 is 5.97 Å². The van der Waals surface area contributed by atoms with Crippen LogP contribution in [0.25, 0.3) is 0 Å². The summed E-state index contributed by atoms with van der Waals surface area (Å²) in [5, 5.41) is 6.48. The minimum Gasteiger partial charge on any atom is -0.452 e. The number of esters is 1. The Balaban J connectivity index is 1.88. The predicted molar refractivity (Wildman–Crippen MR) is 68.5 cm³/mol. The van der Waals surface area contributed by atoms with Crippen LogP contribution >= 0.6 is 0 Å². The quantitative estimate of drug-likeness (QED) is 0.814. The lowest BCUT2D eigenvalue weighted by Gasteiger charge is -2.21. The molecular weight excluding hydrogens is 262 g/mol. The van der Waals surface area contributed by atoms with Crippen molar-refractivity contribution in [3.05, 3.63) is 11.7 Å². The molecule has 1 amide bonds. The summed E-state index contributed by atoms with van der Waals surface area (Å²) in [6, 6.07) is 0. The predicted octanol–water partition coefficient (Wildman–Crippen LogP) is 1.15. The molecule has 0 aromatic carbocycles. The van der Waals surface area contributed by atoms with E-state index in [-0.39, 0.29) is 17.8 Å². The summed E-state index contributed by atoms with van der Waals surface area (Å²) in [5.74, 6) is 0.265. The number of carbonyl (C=O) groups excluding carboxylic acids is 2. The third-order valence-corrected chi connectivity index (χ3v) is 3.20. The number of aromatic nitrogens is 2. The summed E-state index contributed by atoms with van der Waals surface area (Å²) in [5.41, 5.74) is 0. The molecule has 110 valence electrons. The van der Waals surface area contributed by atoms with Gasteiger partial charge in [0.2, 0.25) is 5.91 Å². The smallest absolute Gasteiger partial charge is 0.311 e. The summed E-state index contributed by atoms with van der Waals surface area (Å²) in [6.07, 6.45) is 1.96. The maximum atomic E-state index is 12.0. The van der Waals surface area contributed by atoms with Gasteiger partial charge in [-0.1, -0.05) is 12.1 Å². The van der Waals surface area contributed by atoms with Gasteiger partial charge in [0.25, 0.3) is 5.89 Å². The van der Waals surface area contributed by atoms with Crippen LogP contribution in [-0.2, 0) is 20.7 Å². The molecule has 0 bridgehead atoms. The summed E-state index contributed by atoms with van der Waals surface area (Å²) in [6.45, 7) is 4.05. The molecule has 7 heteroatoms. The largest absolute Gasteiger partial charge is 0.452 e. The number of hydrogen-bond acceptors (Lipinski definition) is 6. The van der Waals surface area contributed by atoms with Gasteiger partial charge in [-0.3, -0.25) is 9.59 Å². The van der Waals surface area contributed by atoms with E-state index in [2.05, 4.69) is 15.5 Å². The number of hydrogen-bond donors (Lipinski definition) is 1. The molecule has 1 aliphatic rings. The molecule has 20 heavy (non-hydrogen) atoms. The number of piperidine rings is 1. The van der Waals surface area contributed by atoms with Gasteiger partial charge < -0.3 is 14.6 Å². The van der Waals surface area contributed by atoms with Crippen LogP contribution in [0.1, 0.15) is 50.9 Å². The number of nitrogens with one attached hydrogen (secondary N) is 1. The van der Waals surface area contributed by atoms with Crippen LogP contribution in [0.15, 0.2) is 4.52 Å². The lowest BCUT2D eigenvalue weighted by atomic mass is 9.99. The Hall–Kier alpha value is -1.92. The third-order valence-electron chi connectivity index (χ3n) is 3.20. The topological polar surface area (TPSA) is 94.3 Å². The van der Waals surface area contributed by atoms with Crippen LogP contribution in [0, 0.1) is 5.92 Å². The second kappa shape index (κ2) is 6.49. The Morgan fingerprint density at radius 1 is 1.60 bits per heavy atom. The molecule has 0 aliphatic carbocycles. The maximum absolute atomic E-state index is 12.0. The van der Waals surface area contributed by atoms with E-state index < -0.39 is 6.10 Å². The van der Waals surface area contributed by atoms with Gasteiger partial charge in [-0.15, -0.1) is 0 Å². The van der Waals surface area contributed by atoms with Gasteiger partial charge in [-0.25, -0.2) is 0 Å². The fourth-order valence-electron chi connectivity index (χ4n) is 2.01. The van der Waals surface area contributed by atoms with Crippen LogP contribution in [-0.4, -0.2) is 28.6 Å². The highest BCUT2D eigenvalue weighted by Crippen LogP contribution is 2.20. The fraction of sp³-hybridized carbons (Fsp3) is 0.692. The molecule has 1 N–H and O–H groups in total. The molecular formula is C13H19N3O4. The van der Waals surface area contributed by atoms with Crippen molar-refractivity contribution >= 4 is 11.9 Å². The van der Waals surface area contributed by atoms with E-state index in [1.54, 1.807) is 6.92 Å². The third kappa shape index (κ3) is 3.55. The molecule has 1 aromatic rings. The van der Waals surface area contributed by atoms with E-state index in [1.165, 1.54) is 0 Å². The van der Waals surface area contributed by atoms with E-state index in [9.17, 15) is 9.59 Å². The molecule has 1 aromatic heterocycles. The summed E-state index contributed by atoms with van der Waals surface area (Å²) < 4.78 is 10.4. The van der Waals surface area contributed by atoms with Gasteiger partial charge in [0.05, 0.1) is 5.92 Å². The molecule has 2 rings (SSSR count). The first-order valence-corrected chi connectivity index (χ1v) is 6.89. The van der Waals surface area contributed by atoms with Crippen molar-refractivity contribution in [2.45, 2.75) is 45.6 Å². The summed E-state index contributed by atoms with van der Waals surface area (Å²) >= 11 is 0. The Kier molecular flexibility index (Phi) is 4.70. The van der Waals surface area contributed by atoms with Crippen LogP contribution in [0.3, 0.4) is 0 Å². The fourth-order valence-corrected chi connectivity index (χ4v) is 2.01. The number of amides is 1. The van der Waals surface area contributed by atoms with Crippen LogP contribution < -0.4 is 5.32 Å². The minimum atomic E-state index is -0.571. The standard InChI is InChI=1S/C13H19N3O4/c1-3-4-10-15-12(20-16-10)8(2)19-13(18)9-5-6-11(17)14-7-9/h8-9H,3-7H2,1-2H3,(H,14,17)/t8-,9-/m1/s1. The molecule has 2 heterocycles. The van der Waals surface area contributed by atoms with E-state index in [1.807, 2.05) is 6.92 Å². The zero-order chi connectivity index (χ0) is 14.5. The average Bonchev–Trinajstić information content (AvgIpc) is 2.88. The first kappa shape index (κ1) is 14.5. The van der Waals surface area contributed by atoms with Crippen molar-refractivity contribution in [3.8, 4) is 0 Å². The SMILES string of the molecule is CCCc1noc([C@@H](C)OC(=O)[C@@H]2CCC(=O)NC2)n1. The maximum Gasteiger partial charge on any atom is 0.311 e. The van der Waals surface area contributed by atoms with Gasteiger partial charge in [-0.05, 0) is 19.8 Å². The number of ether oxygens (including phenoxy) is 1. The number of carbonyl (C=O) groups is 2. The molecule has 7 nitrogen and oxygen atoms in total. The second-order valence-electron chi connectivity index (χ2n) is 4.92. The number of rotatable bonds is 5. The van der Waals surface area contributed by atoms with E-state index in [0.29, 0.717) is 31.1 Å². The van der Waals surface area contributed by atoms with Crippen LogP contribution in [0.2, 0.25) is 0 Å². The molecule has 0 radical (unpaired) electrons. The lowest BCUT2D eigenvalue weighted by Crippen LogP contribution is -2.39. The molecule has 1 aliphatic heterocycles. The van der Waals surface area contributed by atoms with Crippen molar-refractivity contribution in [3.63, 3.8) is 0 Å². The lowest BCUT2D eigenvalue weighted by molar-refractivity contribution is -0.155. The second-order valence-corrected chi connectivity index (χ2v) is 4.92. The van der Waals surface area contributed by atoms with E-state index in [4.69, 9.17) is 9.26 Å². The average molecular weight is 281 g/mol. The Bertz CT molecular complexity index is 476. The minimum absolute atomic E-state index is 0.0248. The van der Waals surface area contributed by atoms with Crippen molar-refractivity contribution < 1.29 is 18.8 Å². The van der Waals surface area contributed by atoms with E-state index in [0.717, 1.165) is 12.8 Å². The zero-order valence-corrected chi connectivity index (χ0v) is 11.7. The molecule has 0 unspecified atom stereocenters. The molecule has 2 atom stereocenters. The van der Waals surface area contributed by atoms with Crippen molar-refractivity contribution in [1.82, 2.24) is 15.5 Å². The van der Waals surface area contributed by atoms with Crippen molar-refractivity contribution in [1.29, 1.82) is 0 Å². The molecule has 0 spiro atoms.